The Hall–Kier alpha value is -0.380. The molecule has 1 atom stereocenters. The van der Waals surface area contributed by atoms with Gasteiger partial charge < -0.3 is 10.6 Å². The summed E-state index contributed by atoms with van der Waals surface area (Å²) in [6.07, 6.45) is 4.64. The molecule has 3 nitrogen and oxygen atoms in total. The molecule has 1 rings (SSSR count). The van der Waals surface area contributed by atoms with Crippen LogP contribution in [0.3, 0.4) is 0 Å². The number of nitrogens with zero attached hydrogens (tertiary/aromatic N) is 2. The van der Waals surface area contributed by atoms with Gasteiger partial charge in [0.25, 0.3) is 0 Å². The van der Waals surface area contributed by atoms with Crippen LogP contribution < -0.4 is 5.73 Å². The lowest BCUT2D eigenvalue weighted by Crippen LogP contribution is -2.40. The van der Waals surface area contributed by atoms with E-state index in [1.807, 2.05) is 11.8 Å². The Balaban J connectivity index is 2.28. The summed E-state index contributed by atoms with van der Waals surface area (Å²) >= 11 is 1.91. The number of guanidine groups is 1. The zero-order chi connectivity index (χ0) is 9.68. The summed E-state index contributed by atoms with van der Waals surface area (Å²) in [5.41, 5.74) is 5.75. The average Bonchev–Trinajstić information content (AvgIpc) is 2.47. The maximum atomic E-state index is 5.75. The van der Waals surface area contributed by atoms with E-state index in [0.29, 0.717) is 6.04 Å². The number of likely N-dealkylation sites (N-methyl/N-ethyl adjacent to an activating group) is 1. The number of thioether (sulfide) groups is 1. The molecule has 0 saturated carbocycles. The molecule has 1 heterocycles. The van der Waals surface area contributed by atoms with E-state index in [9.17, 15) is 0 Å². The fourth-order valence-electron chi connectivity index (χ4n) is 1.71. The molecule has 0 aromatic rings. The highest BCUT2D eigenvalue weighted by molar-refractivity contribution is 7.98. The Morgan fingerprint density at radius 1 is 1.69 bits per heavy atom. The summed E-state index contributed by atoms with van der Waals surface area (Å²) in [6.45, 7) is 4.02. The van der Waals surface area contributed by atoms with E-state index in [4.69, 9.17) is 5.73 Å². The van der Waals surface area contributed by atoms with Crippen molar-refractivity contribution in [2.75, 3.05) is 25.1 Å². The fraction of sp³-hybridized carbons (Fsp3) is 0.889. The predicted octanol–water partition coefficient (Wildman–Crippen LogP) is 1.15. The van der Waals surface area contributed by atoms with Crippen LogP contribution in [0.4, 0.5) is 0 Å². The van der Waals surface area contributed by atoms with Crippen LogP contribution in [0, 0.1) is 0 Å². The van der Waals surface area contributed by atoms with E-state index in [1.54, 1.807) is 0 Å². The molecule has 0 spiro atoms. The SMILES string of the molecule is CCN1C(N)=NCC1CCCSC. The predicted molar refractivity (Wildman–Crippen MR) is 60.3 cm³/mol. The Morgan fingerprint density at radius 3 is 3.08 bits per heavy atom. The van der Waals surface area contributed by atoms with Crippen molar-refractivity contribution in [2.24, 2.45) is 10.7 Å². The summed E-state index contributed by atoms with van der Waals surface area (Å²) < 4.78 is 0. The molecule has 0 aliphatic carbocycles. The van der Waals surface area contributed by atoms with Gasteiger partial charge in [0.05, 0.1) is 12.6 Å². The summed E-state index contributed by atoms with van der Waals surface area (Å²) in [5.74, 6) is 1.98. The number of hydrogen-bond donors (Lipinski definition) is 1. The monoisotopic (exact) mass is 201 g/mol. The minimum atomic E-state index is 0.567. The Morgan fingerprint density at radius 2 is 2.46 bits per heavy atom. The smallest absolute Gasteiger partial charge is 0.191 e. The van der Waals surface area contributed by atoms with E-state index >= 15 is 0 Å². The molecular formula is C9H19N3S. The molecule has 2 N–H and O–H groups in total. The third-order valence-electron chi connectivity index (χ3n) is 2.43. The second kappa shape index (κ2) is 5.37. The molecular weight excluding hydrogens is 182 g/mol. The molecule has 1 aliphatic rings. The first-order chi connectivity index (χ1) is 6.29. The van der Waals surface area contributed by atoms with Crippen molar-refractivity contribution in [3.63, 3.8) is 0 Å². The maximum Gasteiger partial charge on any atom is 0.191 e. The quantitative estimate of drug-likeness (QED) is 0.678. The van der Waals surface area contributed by atoms with Crippen molar-refractivity contribution in [2.45, 2.75) is 25.8 Å². The molecule has 0 fully saturated rings. The molecule has 0 aromatic carbocycles. The first-order valence-electron chi connectivity index (χ1n) is 4.85. The van der Waals surface area contributed by atoms with E-state index < -0.39 is 0 Å². The van der Waals surface area contributed by atoms with Crippen LogP contribution in [0.1, 0.15) is 19.8 Å². The maximum absolute atomic E-state index is 5.75. The third-order valence-corrected chi connectivity index (χ3v) is 3.12. The van der Waals surface area contributed by atoms with Crippen LogP contribution >= 0.6 is 11.8 Å². The van der Waals surface area contributed by atoms with Gasteiger partial charge in [0.1, 0.15) is 0 Å². The van der Waals surface area contributed by atoms with Crippen molar-refractivity contribution in [1.82, 2.24) is 4.90 Å². The Labute approximate surface area is 84.8 Å². The van der Waals surface area contributed by atoms with Gasteiger partial charge in [-0.05, 0) is 31.8 Å². The molecule has 0 radical (unpaired) electrons. The zero-order valence-corrected chi connectivity index (χ0v) is 9.31. The Kier molecular flexibility index (Phi) is 4.42. The van der Waals surface area contributed by atoms with Gasteiger partial charge in [-0.25, -0.2) is 0 Å². The van der Waals surface area contributed by atoms with E-state index in [-0.39, 0.29) is 0 Å². The highest BCUT2D eigenvalue weighted by atomic mass is 32.2. The van der Waals surface area contributed by atoms with Crippen LogP contribution in [0.5, 0.6) is 0 Å². The zero-order valence-electron chi connectivity index (χ0n) is 8.49. The second-order valence-corrected chi connectivity index (χ2v) is 4.26. The molecule has 0 aromatic heterocycles. The van der Waals surface area contributed by atoms with Gasteiger partial charge in [-0.1, -0.05) is 0 Å². The minimum Gasteiger partial charge on any atom is -0.370 e. The topological polar surface area (TPSA) is 41.6 Å². The van der Waals surface area contributed by atoms with Gasteiger partial charge in [0.15, 0.2) is 5.96 Å². The fourth-order valence-corrected chi connectivity index (χ4v) is 2.16. The van der Waals surface area contributed by atoms with Crippen molar-refractivity contribution in [3.05, 3.63) is 0 Å². The third kappa shape index (κ3) is 2.79. The molecule has 76 valence electrons. The number of nitrogens with two attached hydrogens (primary N) is 1. The average molecular weight is 201 g/mol. The summed E-state index contributed by atoms with van der Waals surface area (Å²) in [7, 11) is 0. The van der Waals surface area contributed by atoms with Gasteiger partial charge in [0.2, 0.25) is 0 Å². The lowest BCUT2D eigenvalue weighted by Gasteiger charge is -2.24. The van der Waals surface area contributed by atoms with Crippen LogP contribution in [-0.4, -0.2) is 42.0 Å². The molecule has 4 heteroatoms. The largest absolute Gasteiger partial charge is 0.370 e. The van der Waals surface area contributed by atoms with Crippen molar-refractivity contribution in [1.29, 1.82) is 0 Å². The standard InChI is InChI=1S/C9H19N3S/c1-3-12-8(5-4-6-13-2)7-11-9(12)10/h8H,3-7H2,1-2H3,(H2,10,11). The van der Waals surface area contributed by atoms with Gasteiger partial charge in [-0.2, -0.15) is 11.8 Å². The minimum absolute atomic E-state index is 0.567. The van der Waals surface area contributed by atoms with Crippen molar-refractivity contribution < 1.29 is 0 Å². The Bertz CT molecular complexity index is 182. The molecule has 0 bridgehead atoms. The molecule has 1 aliphatic heterocycles. The van der Waals surface area contributed by atoms with Gasteiger partial charge in [-0.15, -0.1) is 0 Å². The molecule has 0 amide bonds. The number of aliphatic imine (C=N–C) groups is 1. The second-order valence-electron chi connectivity index (χ2n) is 3.27. The molecule has 1 unspecified atom stereocenters. The van der Waals surface area contributed by atoms with E-state index in [0.717, 1.165) is 19.0 Å². The molecule has 0 saturated heterocycles. The van der Waals surface area contributed by atoms with Crippen LogP contribution in [0.2, 0.25) is 0 Å². The number of hydrogen-bond acceptors (Lipinski definition) is 4. The normalized spacial score (nSPS) is 22.2. The van der Waals surface area contributed by atoms with Crippen molar-refractivity contribution >= 4 is 17.7 Å². The first-order valence-corrected chi connectivity index (χ1v) is 6.24. The number of rotatable bonds is 5. The summed E-state index contributed by atoms with van der Waals surface area (Å²) in [5, 5.41) is 0. The van der Waals surface area contributed by atoms with Crippen LogP contribution in [0.25, 0.3) is 0 Å². The lowest BCUT2D eigenvalue weighted by molar-refractivity contribution is 0.336. The highest BCUT2D eigenvalue weighted by Crippen LogP contribution is 2.14. The lowest BCUT2D eigenvalue weighted by atomic mass is 10.1. The van der Waals surface area contributed by atoms with E-state index in [2.05, 4.69) is 23.1 Å². The van der Waals surface area contributed by atoms with Gasteiger partial charge in [0, 0.05) is 6.54 Å². The summed E-state index contributed by atoms with van der Waals surface area (Å²) in [6, 6.07) is 0.567. The first kappa shape index (κ1) is 10.7. The van der Waals surface area contributed by atoms with Gasteiger partial charge >= 0.3 is 0 Å². The highest BCUT2D eigenvalue weighted by Gasteiger charge is 2.23. The van der Waals surface area contributed by atoms with Crippen LogP contribution in [0.15, 0.2) is 4.99 Å². The van der Waals surface area contributed by atoms with E-state index in [1.165, 1.54) is 18.6 Å². The summed E-state index contributed by atoms with van der Waals surface area (Å²) in [4.78, 5) is 6.47. The van der Waals surface area contributed by atoms with Crippen molar-refractivity contribution in [3.8, 4) is 0 Å². The van der Waals surface area contributed by atoms with Gasteiger partial charge in [-0.3, -0.25) is 4.99 Å². The molecule has 13 heavy (non-hydrogen) atoms. The van der Waals surface area contributed by atoms with Crippen LogP contribution in [-0.2, 0) is 0 Å².